The number of nitrogens with zero attached hydrogens (tertiary/aromatic N) is 4. The Morgan fingerprint density at radius 3 is 2.63 bits per heavy atom. The molecule has 2 amide bonds. The molecule has 2 N–H and O–H groups in total. The first-order valence-corrected chi connectivity index (χ1v) is 10.2. The summed E-state index contributed by atoms with van der Waals surface area (Å²) in [6.45, 7) is 2.15. The number of aromatic nitrogens is 3. The number of halogens is 1. The average molecular weight is 431 g/mol. The number of rotatable bonds is 9. The van der Waals surface area contributed by atoms with Gasteiger partial charge in [-0.2, -0.15) is 0 Å². The van der Waals surface area contributed by atoms with Crippen LogP contribution in [0.5, 0.6) is 0 Å². The minimum absolute atomic E-state index is 0.106. The predicted octanol–water partition coefficient (Wildman–Crippen LogP) is 2.86. The highest BCUT2D eigenvalue weighted by atomic mass is 32.2. The summed E-state index contributed by atoms with van der Waals surface area (Å²) in [5, 5.41) is 8.77. The number of amides is 2. The van der Waals surface area contributed by atoms with E-state index in [0.717, 1.165) is 5.56 Å². The van der Waals surface area contributed by atoms with Gasteiger partial charge < -0.3 is 15.1 Å². The number of hydrogen-bond acceptors (Lipinski definition) is 6. The molecule has 2 heterocycles. The Morgan fingerprint density at radius 2 is 2.00 bits per heavy atom. The number of benzene rings is 1. The lowest BCUT2D eigenvalue weighted by atomic mass is 10.1. The maximum atomic E-state index is 13.1. The van der Waals surface area contributed by atoms with Gasteiger partial charge in [-0.15, -0.1) is 10.2 Å². The summed E-state index contributed by atoms with van der Waals surface area (Å²) in [6.07, 6.45) is 1.62. The summed E-state index contributed by atoms with van der Waals surface area (Å²) in [7, 11) is 1.70. The van der Waals surface area contributed by atoms with E-state index in [1.165, 1.54) is 30.2 Å². The van der Waals surface area contributed by atoms with Gasteiger partial charge in [-0.3, -0.25) is 14.2 Å². The molecule has 0 aliphatic carbocycles. The number of carbonyl (C=O) groups is 2. The molecule has 3 aromatic rings. The van der Waals surface area contributed by atoms with Crippen LogP contribution in [0.4, 0.5) is 4.39 Å². The van der Waals surface area contributed by atoms with Gasteiger partial charge in [-0.05, 0) is 36.8 Å². The molecule has 0 spiro atoms. The fourth-order valence-corrected chi connectivity index (χ4v) is 3.70. The molecule has 0 aliphatic heterocycles. The number of nitrogens with two attached hydrogens (primary N) is 1. The highest BCUT2D eigenvalue weighted by Gasteiger charge is 2.21. The van der Waals surface area contributed by atoms with Gasteiger partial charge in [0.15, 0.2) is 16.7 Å². The number of primary amides is 1. The third kappa shape index (κ3) is 5.07. The smallest absolute Gasteiger partial charge is 0.233 e. The fraction of sp³-hybridized carbons (Fsp3) is 0.300. The maximum Gasteiger partial charge on any atom is 0.233 e. The molecule has 2 aromatic heterocycles. The lowest BCUT2D eigenvalue weighted by molar-refractivity contribution is -0.129. The van der Waals surface area contributed by atoms with Gasteiger partial charge in [0.05, 0.1) is 18.1 Å². The third-order valence-electron chi connectivity index (χ3n) is 4.69. The summed E-state index contributed by atoms with van der Waals surface area (Å²) >= 11 is 1.21. The van der Waals surface area contributed by atoms with Crippen LogP contribution in [-0.4, -0.2) is 44.3 Å². The van der Waals surface area contributed by atoms with Gasteiger partial charge in [0.2, 0.25) is 11.8 Å². The molecule has 158 valence electrons. The van der Waals surface area contributed by atoms with Crippen molar-refractivity contribution in [2.24, 2.45) is 5.73 Å². The molecule has 8 nitrogen and oxygen atoms in total. The van der Waals surface area contributed by atoms with Gasteiger partial charge in [-0.25, -0.2) is 4.39 Å². The predicted molar refractivity (Wildman–Crippen MR) is 110 cm³/mol. The maximum absolute atomic E-state index is 13.1. The molecule has 10 heteroatoms. The van der Waals surface area contributed by atoms with E-state index in [1.54, 1.807) is 40.8 Å². The van der Waals surface area contributed by atoms with Crippen molar-refractivity contribution in [3.8, 4) is 11.6 Å². The van der Waals surface area contributed by atoms with E-state index in [-0.39, 0.29) is 36.5 Å². The van der Waals surface area contributed by atoms with Crippen LogP contribution in [0.25, 0.3) is 11.6 Å². The van der Waals surface area contributed by atoms with Gasteiger partial charge in [0, 0.05) is 20.0 Å². The normalized spacial score (nSPS) is 12.0. The zero-order valence-electron chi connectivity index (χ0n) is 16.6. The van der Waals surface area contributed by atoms with Gasteiger partial charge >= 0.3 is 0 Å². The fourth-order valence-electron chi connectivity index (χ4n) is 2.82. The first-order valence-electron chi connectivity index (χ1n) is 9.26. The molecule has 30 heavy (non-hydrogen) atoms. The molecule has 0 saturated heterocycles. The van der Waals surface area contributed by atoms with Crippen LogP contribution in [0.2, 0.25) is 0 Å². The Kier molecular flexibility index (Phi) is 6.88. The second kappa shape index (κ2) is 9.57. The van der Waals surface area contributed by atoms with Crippen molar-refractivity contribution in [1.82, 2.24) is 19.7 Å². The topological polar surface area (TPSA) is 107 Å². The number of carbonyl (C=O) groups excluding carboxylic acids is 2. The summed E-state index contributed by atoms with van der Waals surface area (Å²) in [5.74, 6) is 0.193. The van der Waals surface area contributed by atoms with Crippen molar-refractivity contribution in [2.45, 2.75) is 31.1 Å². The Morgan fingerprint density at radius 1 is 1.27 bits per heavy atom. The second-order valence-electron chi connectivity index (χ2n) is 6.67. The van der Waals surface area contributed by atoms with E-state index in [4.69, 9.17) is 10.2 Å². The van der Waals surface area contributed by atoms with Crippen LogP contribution >= 0.6 is 11.8 Å². The molecule has 0 radical (unpaired) electrons. The molecular weight excluding hydrogens is 409 g/mol. The molecule has 0 fully saturated rings. The molecule has 0 aliphatic rings. The summed E-state index contributed by atoms with van der Waals surface area (Å²) in [4.78, 5) is 25.5. The van der Waals surface area contributed by atoms with Crippen LogP contribution in [0.15, 0.2) is 52.2 Å². The Balaban J connectivity index is 1.70. The minimum Gasteiger partial charge on any atom is -0.461 e. The lowest BCUT2D eigenvalue weighted by Gasteiger charge is -2.25. The minimum atomic E-state index is -0.450. The monoisotopic (exact) mass is 431 g/mol. The quantitative estimate of drug-likeness (QED) is 0.522. The van der Waals surface area contributed by atoms with E-state index in [9.17, 15) is 14.0 Å². The first kappa shape index (κ1) is 21.6. The standard InChI is InChI=1S/C20H22FN5O3S/c1-13(14-5-7-15(21)8-6-14)25(2)18(28)12-30-20-24-23-19(16-4-3-11-29-16)26(20)10-9-17(22)27/h3-8,11,13H,9-10,12H2,1-2H3,(H2,22,27). The van der Waals surface area contributed by atoms with Crippen molar-refractivity contribution in [2.75, 3.05) is 12.8 Å². The molecule has 0 saturated carbocycles. The number of thioether (sulfide) groups is 1. The van der Waals surface area contributed by atoms with E-state index >= 15 is 0 Å². The molecule has 3 rings (SSSR count). The lowest BCUT2D eigenvalue weighted by Crippen LogP contribution is -2.31. The summed E-state index contributed by atoms with van der Waals surface area (Å²) < 4.78 is 20.2. The Labute approximate surface area is 177 Å². The Bertz CT molecular complexity index is 1000. The van der Waals surface area contributed by atoms with Gasteiger partial charge in [0.1, 0.15) is 5.82 Å². The van der Waals surface area contributed by atoms with Crippen LogP contribution in [0.1, 0.15) is 24.9 Å². The molecular formula is C20H22FN5O3S. The van der Waals surface area contributed by atoms with Gasteiger partial charge in [-0.1, -0.05) is 23.9 Å². The van der Waals surface area contributed by atoms with E-state index in [0.29, 0.717) is 16.7 Å². The zero-order valence-corrected chi connectivity index (χ0v) is 17.4. The van der Waals surface area contributed by atoms with Crippen LogP contribution in [0.3, 0.4) is 0 Å². The summed E-state index contributed by atoms with van der Waals surface area (Å²) in [5.41, 5.74) is 6.12. The molecule has 1 unspecified atom stereocenters. The van der Waals surface area contributed by atoms with Crippen LogP contribution < -0.4 is 5.73 Å². The Hall–Kier alpha value is -3.14. The molecule has 0 bridgehead atoms. The van der Waals surface area contributed by atoms with Crippen molar-refractivity contribution in [3.05, 3.63) is 54.0 Å². The highest BCUT2D eigenvalue weighted by Crippen LogP contribution is 2.26. The van der Waals surface area contributed by atoms with Crippen molar-refractivity contribution >= 4 is 23.6 Å². The van der Waals surface area contributed by atoms with E-state index in [1.807, 2.05) is 6.92 Å². The van der Waals surface area contributed by atoms with Gasteiger partial charge in [0.25, 0.3) is 0 Å². The average Bonchev–Trinajstić information content (AvgIpc) is 3.39. The SMILES string of the molecule is CC(c1ccc(F)cc1)N(C)C(=O)CSc1nnc(-c2ccco2)n1CCC(N)=O. The van der Waals surface area contributed by atoms with E-state index < -0.39 is 5.91 Å². The van der Waals surface area contributed by atoms with Crippen molar-refractivity contribution < 1.29 is 18.4 Å². The number of furan rings is 1. The first-order chi connectivity index (χ1) is 14.4. The van der Waals surface area contributed by atoms with Crippen LogP contribution in [-0.2, 0) is 16.1 Å². The number of hydrogen-bond donors (Lipinski definition) is 1. The largest absolute Gasteiger partial charge is 0.461 e. The highest BCUT2D eigenvalue weighted by molar-refractivity contribution is 7.99. The van der Waals surface area contributed by atoms with Crippen molar-refractivity contribution in [3.63, 3.8) is 0 Å². The zero-order chi connectivity index (χ0) is 21.7. The summed E-state index contributed by atoms with van der Waals surface area (Å²) in [6, 6.07) is 9.31. The van der Waals surface area contributed by atoms with E-state index in [2.05, 4.69) is 10.2 Å². The third-order valence-corrected chi connectivity index (χ3v) is 5.64. The van der Waals surface area contributed by atoms with Crippen LogP contribution in [0, 0.1) is 5.82 Å². The molecule has 1 atom stereocenters. The van der Waals surface area contributed by atoms with Crippen molar-refractivity contribution in [1.29, 1.82) is 0 Å². The molecule has 1 aromatic carbocycles. The second-order valence-corrected chi connectivity index (χ2v) is 7.61.